The third-order valence-corrected chi connectivity index (χ3v) is 9.07. The molecule has 0 atom stereocenters. The van der Waals surface area contributed by atoms with Crippen molar-refractivity contribution in [2.45, 2.75) is 42.4 Å². The summed E-state index contributed by atoms with van der Waals surface area (Å²) in [6, 6.07) is 10.1. The van der Waals surface area contributed by atoms with E-state index in [2.05, 4.69) is 5.32 Å². The molecule has 0 aliphatic carbocycles. The number of rotatable bonds is 6. The van der Waals surface area contributed by atoms with Gasteiger partial charge in [0.05, 0.1) is 9.79 Å². The third-order valence-electron chi connectivity index (χ3n) is 5.15. The summed E-state index contributed by atoms with van der Waals surface area (Å²) in [7, 11) is -7.57. The molecule has 0 bridgehead atoms. The van der Waals surface area contributed by atoms with Gasteiger partial charge in [-0.15, -0.1) is 0 Å². The number of benzene rings is 2. The van der Waals surface area contributed by atoms with Gasteiger partial charge in [-0.05, 0) is 61.7 Å². The van der Waals surface area contributed by atoms with E-state index < -0.39 is 31.5 Å². The lowest BCUT2D eigenvalue weighted by Gasteiger charge is -2.21. The number of halogens is 1. The maximum Gasteiger partial charge on any atom is 0.243 e. The van der Waals surface area contributed by atoms with E-state index in [1.54, 1.807) is 19.1 Å². The smallest absolute Gasteiger partial charge is 0.243 e. The Hall–Kier alpha value is -1.94. The van der Waals surface area contributed by atoms with Gasteiger partial charge in [0.1, 0.15) is 5.75 Å². The molecule has 0 saturated carbocycles. The number of carbonyl (C=O) groups excluding carboxylic acids is 1. The molecule has 1 fully saturated rings. The fourth-order valence-electron chi connectivity index (χ4n) is 3.47. The highest BCUT2D eigenvalue weighted by Crippen LogP contribution is 2.26. The average Bonchev–Trinajstić information content (AvgIpc) is 2.99. The van der Waals surface area contributed by atoms with Gasteiger partial charge >= 0.3 is 0 Å². The minimum absolute atomic E-state index is 0.0135. The lowest BCUT2D eigenvalue weighted by molar-refractivity contribution is -0.113. The van der Waals surface area contributed by atoms with Crippen LogP contribution in [-0.4, -0.2) is 45.9 Å². The molecule has 3 rings (SSSR count). The molecule has 1 N–H and O–H groups in total. The lowest BCUT2D eigenvalue weighted by Crippen LogP contribution is -2.32. The van der Waals surface area contributed by atoms with Crippen LogP contribution in [0.1, 0.15) is 31.2 Å². The molecular weight excluding hydrogens is 460 g/mol. The van der Waals surface area contributed by atoms with Gasteiger partial charge in [0.15, 0.2) is 9.84 Å². The number of anilines is 1. The second-order valence-corrected chi connectivity index (χ2v) is 11.9. The quantitative estimate of drug-likeness (QED) is 0.674. The van der Waals surface area contributed by atoms with Crippen molar-refractivity contribution in [1.29, 1.82) is 0 Å². The van der Waals surface area contributed by atoms with Crippen molar-refractivity contribution in [3.8, 4) is 0 Å². The van der Waals surface area contributed by atoms with Crippen molar-refractivity contribution in [3.63, 3.8) is 0 Å². The molecule has 1 saturated heterocycles. The number of nitrogens with zero attached hydrogens (tertiary/aromatic N) is 1. The molecule has 0 spiro atoms. The Morgan fingerprint density at radius 3 is 2.19 bits per heavy atom. The second kappa shape index (κ2) is 9.68. The van der Waals surface area contributed by atoms with Crippen LogP contribution in [0.25, 0.3) is 0 Å². The first kappa shape index (κ1) is 23.7. The molecule has 168 valence electrons. The number of hydrogen-bond acceptors (Lipinski definition) is 5. The molecule has 0 radical (unpaired) electrons. The standard InChI is InChI=1S/C21H25ClN2O5S2/c1-16-6-9-18(14-20(16)31(28,29)24-12-4-2-3-5-13-24)23-21(25)15-30(26,27)19-10-7-17(22)8-11-19/h6-11,14H,2-5,12-13,15H2,1H3,(H,23,25). The molecule has 1 amide bonds. The van der Waals surface area contributed by atoms with Crippen molar-refractivity contribution >= 4 is 43.1 Å². The fourth-order valence-corrected chi connectivity index (χ4v) is 6.50. The van der Waals surface area contributed by atoms with E-state index >= 15 is 0 Å². The highest BCUT2D eigenvalue weighted by Gasteiger charge is 2.27. The molecule has 1 heterocycles. The van der Waals surface area contributed by atoms with Crippen LogP contribution >= 0.6 is 11.6 Å². The Bertz CT molecular complexity index is 1150. The molecule has 7 nitrogen and oxygen atoms in total. The van der Waals surface area contributed by atoms with Gasteiger partial charge in [-0.1, -0.05) is 30.5 Å². The monoisotopic (exact) mass is 484 g/mol. The van der Waals surface area contributed by atoms with E-state index in [9.17, 15) is 21.6 Å². The summed E-state index contributed by atoms with van der Waals surface area (Å²) in [5.41, 5.74) is 0.798. The Balaban J connectivity index is 1.78. The molecule has 0 aromatic heterocycles. The summed E-state index contributed by atoms with van der Waals surface area (Å²) >= 11 is 5.78. The number of aryl methyl sites for hydroxylation is 1. The largest absolute Gasteiger partial charge is 0.325 e. The van der Waals surface area contributed by atoms with Crippen LogP contribution in [0.2, 0.25) is 5.02 Å². The first-order valence-electron chi connectivity index (χ1n) is 9.98. The van der Waals surface area contributed by atoms with Crippen molar-refractivity contribution in [2.24, 2.45) is 0 Å². The first-order valence-corrected chi connectivity index (χ1v) is 13.5. The van der Waals surface area contributed by atoms with Gasteiger partial charge in [-0.3, -0.25) is 4.79 Å². The van der Waals surface area contributed by atoms with Gasteiger partial charge in [0.25, 0.3) is 0 Å². The molecule has 2 aromatic rings. The number of sulfone groups is 1. The van der Waals surface area contributed by atoms with Crippen molar-refractivity contribution in [2.75, 3.05) is 24.2 Å². The number of carbonyl (C=O) groups is 1. The van der Waals surface area contributed by atoms with E-state index in [1.165, 1.54) is 34.6 Å². The summed E-state index contributed by atoms with van der Waals surface area (Å²) in [5, 5.41) is 2.90. The zero-order valence-electron chi connectivity index (χ0n) is 17.2. The van der Waals surface area contributed by atoms with Crippen LogP contribution in [0.15, 0.2) is 52.3 Å². The minimum Gasteiger partial charge on any atom is -0.325 e. The number of sulfonamides is 1. The Kier molecular flexibility index (Phi) is 7.41. The molecule has 1 aliphatic rings. The van der Waals surface area contributed by atoms with E-state index in [-0.39, 0.29) is 15.5 Å². The fraction of sp³-hybridized carbons (Fsp3) is 0.381. The molecule has 1 aliphatic heterocycles. The summed E-state index contributed by atoms with van der Waals surface area (Å²) in [4.78, 5) is 12.5. The van der Waals surface area contributed by atoms with Gasteiger partial charge in [-0.25, -0.2) is 16.8 Å². The molecule has 0 unspecified atom stereocenters. The van der Waals surface area contributed by atoms with Gasteiger partial charge < -0.3 is 5.32 Å². The van der Waals surface area contributed by atoms with Crippen LogP contribution in [0.3, 0.4) is 0 Å². The lowest BCUT2D eigenvalue weighted by atomic mass is 10.2. The highest BCUT2D eigenvalue weighted by atomic mass is 35.5. The maximum absolute atomic E-state index is 13.1. The number of amides is 1. The average molecular weight is 485 g/mol. The second-order valence-electron chi connectivity index (χ2n) is 7.56. The summed E-state index contributed by atoms with van der Waals surface area (Å²) < 4.78 is 52.7. The van der Waals surface area contributed by atoms with Crippen molar-refractivity contribution < 1.29 is 21.6 Å². The highest BCUT2D eigenvalue weighted by molar-refractivity contribution is 7.92. The first-order chi connectivity index (χ1) is 14.6. The zero-order valence-corrected chi connectivity index (χ0v) is 19.6. The molecule has 10 heteroatoms. The normalized spacial score (nSPS) is 15.9. The SMILES string of the molecule is Cc1ccc(NC(=O)CS(=O)(=O)c2ccc(Cl)cc2)cc1S(=O)(=O)N1CCCCCC1. The Morgan fingerprint density at radius 2 is 1.58 bits per heavy atom. The van der Waals surface area contributed by atoms with E-state index in [0.29, 0.717) is 23.7 Å². The summed E-state index contributed by atoms with van der Waals surface area (Å²) in [6.07, 6.45) is 3.64. The van der Waals surface area contributed by atoms with Gasteiger partial charge in [-0.2, -0.15) is 4.31 Å². The molecule has 31 heavy (non-hydrogen) atoms. The predicted octanol–water partition coefficient (Wildman–Crippen LogP) is 3.63. The van der Waals surface area contributed by atoms with E-state index in [4.69, 9.17) is 11.6 Å². The number of nitrogens with one attached hydrogen (secondary N) is 1. The van der Waals surface area contributed by atoms with E-state index in [0.717, 1.165) is 25.7 Å². The van der Waals surface area contributed by atoms with Crippen LogP contribution in [-0.2, 0) is 24.7 Å². The maximum atomic E-state index is 13.1. The Labute approximate surface area is 188 Å². The van der Waals surface area contributed by atoms with Crippen molar-refractivity contribution in [3.05, 3.63) is 53.1 Å². The van der Waals surface area contributed by atoms with Gasteiger partial charge in [0.2, 0.25) is 15.9 Å². The number of hydrogen-bond donors (Lipinski definition) is 1. The Morgan fingerprint density at radius 1 is 0.968 bits per heavy atom. The van der Waals surface area contributed by atoms with Crippen LogP contribution < -0.4 is 5.32 Å². The van der Waals surface area contributed by atoms with Crippen LogP contribution in [0.4, 0.5) is 5.69 Å². The van der Waals surface area contributed by atoms with Crippen LogP contribution in [0.5, 0.6) is 0 Å². The zero-order chi connectivity index (χ0) is 22.6. The molecular formula is C21H25ClN2O5S2. The van der Waals surface area contributed by atoms with Crippen LogP contribution in [0, 0.1) is 6.92 Å². The molecule has 2 aromatic carbocycles. The topological polar surface area (TPSA) is 101 Å². The third kappa shape index (κ3) is 5.85. The van der Waals surface area contributed by atoms with Crippen molar-refractivity contribution in [1.82, 2.24) is 4.31 Å². The summed E-state index contributed by atoms with van der Waals surface area (Å²) in [6.45, 7) is 2.64. The van der Waals surface area contributed by atoms with E-state index in [1.807, 2.05) is 0 Å². The summed E-state index contributed by atoms with van der Waals surface area (Å²) in [5.74, 6) is -1.52. The predicted molar refractivity (Wildman–Crippen MR) is 121 cm³/mol. The van der Waals surface area contributed by atoms with Gasteiger partial charge in [0, 0.05) is 23.8 Å². The minimum atomic E-state index is -3.86.